The molecule has 0 radical (unpaired) electrons. The third kappa shape index (κ3) is 1.87. The molecule has 0 fully saturated rings. The van der Waals surface area contributed by atoms with E-state index < -0.39 is 0 Å². The van der Waals surface area contributed by atoms with Crippen LogP contribution < -0.4 is 0 Å². The normalized spacial score (nSPS) is 10.1. The maximum Gasteiger partial charge on any atom is 0.151 e. The molecule has 80 valence electrons. The Morgan fingerprint density at radius 3 is 2.44 bits per heavy atom. The minimum Gasteiger partial charge on any atom is -0.298 e. The molecule has 0 saturated carbocycles. The van der Waals surface area contributed by atoms with Crippen molar-refractivity contribution in [1.82, 2.24) is 4.98 Å². The Morgan fingerprint density at radius 1 is 1.12 bits per heavy atom. The van der Waals surface area contributed by atoms with Gasteiger partial charge in [0.1, 0.15) is 0 Å². The number of carbonyl (C=O) groups is 1. The van der Waals surface area contributed by atoms with Crippen molar-refractivity contribution < 1.29 is 4.79 Å². The van der Waals surface area contributed by atoms with E-state index >= 15 is 0 Å². The van der Waals surface area contributed by atoms with E-state index in [1.54, 1.807) is 12.4 Å². The predicted molar refractivity (Wildman–Crippen MR) is 64.5 cm³/mol. The van der Waals surface area contributed by atoms with Gasteiger partial charge in [0.2, 0.25) is 0 Å². The highest BCUT2D eigenvalue weighted by Gasteiger charge is 2.05. The predicted octanol–water partition coefficient (Wildman–Crippen LogP) is 3.18. The number of carbonyl (C=O) groups excluding carboxylic acids is 1. The van der Waals surface area contributed by atoms with Crippen molar-refractivity contribution in [1.29, 1.82) is 0 Å². The molecule has 0 spiro atoms. The van der Waals surface area contributed by atoms with E-state index in [-0.39, 0.29) is 0 Å². The average Bonchev–Trinajstić information content (AvgIpc) is 2.29. The lowest BCUT2D eigenvalue weighted by molar-refractivity contribution is 0.112. The average molecular weight is 211 g/mol. The van der Waals surface area contributed by atoms with E-state index in [0.717, 1.165) is 11.8 Å². The number of hydrogen-bond donors (Lipinski definition) is 0. The zero-order valence-corrected chi connectivity index (χ0v) is 9.40. The quantitative estimate of drug-likeness (QED) is 0.714. The number of benzene rings is 1. The van der Waals surface area contributed by atoms with Crippen LogP contribution in [0.25, 0.3) is 11.1 Å². The second kappa shape index (κ2) is 4.27. The van der Waals surface area contributed by atoms with Crippen LogP contribution in [0.5, 0.6) is 0 Å². The lowest BCUT2D eigenvalue weighted by atomic mass is 9.96. The van der Waals surface area contributed by atoms with Gasteiger partial charge in [-0.1, -0.05) is 18.2 Å². The minimum atomic E-state index is 0.611. The van der Waals surface area contributed by atoms with E-state index in [1.165, 1.54) is 16.7 Å². The minimum absolute atomic E-state index is 0.611. The van der Waals surface area contributed by atoms with Crippen molar-refractivity contribution in [3.05, 3.63) is 53.3 Å². The number of aryl methyl sites for hydroxylation is 2. The molecule has 0 bridgehead atoms. The zero-order chi connectivity index (χ0) is 11.5. The summed E-state index contributed by atoms with van der Waals surface area (Å²) in [5.41, 5.74) is 5.17. The monoisotopic (exact) mass is 211 g/mol. The van der Waals surface area contributed by atoms with Gasteiger partial charge in [-0.2, -0.15) is 0 Å². The summed E-state index contributed by atoms with van der Waals surface area (Å²) in [5, 5.41) is 0. The number of rotatable bonds is 2. The molecule has 1 aromatic heterocycles. The molecule has 0 unspecified atom stereocenters. The highest BCUT2D eigenvalue weighted by atomic mass is 16.1. The molecule has 1 heterocycles. The molecule has 0 atom stereocenters. The first-order valence-corrected chi connectivity index (χ1v) is 5.19. The molecule has 0 N–H and O–H groups in total. The van der Waals surface area contributed by atoms with Crippen LogP contribution in [0.4, 0.5) is 0 Å². The summed E-state index contributed by atoms with van der Waals surface area (Å²) in [7, 11) is 0. The van der Waals surface area contributed by atoms with E-state index in [2.05, 4.69) is 31.0 Å². The van der Waals surface area contributed by atoms with Crippen LogP contribution in [0.1, 0.15) is 21.5 Å². The van der Waals surface area contributed by atoms with Crippen LogP contribution in [0.15, 0.2) is 36.7 Å². The van der Waals surface area contributed by atoms with Crippen LogP contribution in [-0.2, 0) is 0 Å². The number of nitrogens with zero attached hydrogens (tertiary/aromatic N) is 1. The molecule has 2 aromatic rings. The van der Waals surface area contributed by atoms with E-state index in [9.17, 15) is 4.79 Å². The maximum atomic E-state index is 10.7. The number of hydrogen-bond acceptors (Lipinski definition) is 2. The van der Waals surface area contributed by atoms with Gasteiger partial charge < -0.3 is 0 Å². The standard InChI is InChI=1S/C14H13NO/c1-10-4-3-5-11(2)14(10)13-6-12(9-16)7-15-8-13/h3-9H,1-2H3. The third-order valence-electron chi connectivity index (χ3n) is 2.67. The van der Waals surface area contributed by atoms with E-state index in [4.69, 9.17) is 0 Å². The molecule has 2 rings (SSSR count). The fourth-order valence-electron chi connectivity index (χ4n) is 1.93. The first-order valence-electron chi connectivity index (χ1n) is 5.19. The van der Waals surface area contributed by atoms with Crippen LogP contribution in [-0.4, -0.2) is 11.3 Å². The summed E-state index contributed by atoms with van der Waals surface area (Å²) in [6.07, 6.45) is 4.19. The Hall–Kier alpha value is -1.96. The van der Waals surface area contributed by atoms with Gasteiger partial charge in [-0.15, -0.1) is 0 Å². The van der Waals surface area contributed by atoms with E-state index in [0.29, 0.717) is 5.56 Å². The molecular weight excluding hydrogens is 198 g/mol. The molecular formula is C14H13NO. The summed E-state index contributed by atoms with van der Waals surface area (Å²) in [6, 6.07) is 8.03. The van der Waals surface area contributed by atoms with Gasteiger partial charge in [-0.3, -0.25) is 9.78 Å². The summed E-state index contributed by atoms with van der Waals surface area (Å²) in [4.78, 5) is 14.8. The van der Waals surface area contributed by atoms with Gasteiger partial charge in [0, 0.05) is 23.5 Å². The lowest BCUT2D eigenvalue weighted by Gasteiger charge is -2.09. The van der Waals surface area contributed by atoms with Crippen LogP contribution >= 0.6 is 0 Å². The molecule has 0 aliphatic rings. The summed E-state index contributed by atoms with van der Waals surface area (Å²) in [6.45, 7) is 4.13. The Balaban J connectivity index is 2.62. The Bertz CT molecular complexity index is 512. The van der Waals surface area contributed by atoms with Gasteiger partial charge in [0.15, 0.2) is 6.29 Å². The molecule has 1 aromatic carbocycles. The summed E-state index contributed by atoms with van der Waals surface area (Å²) < 4.78 is 0. The number of aldehydes is 1. The SMILES string of the molecule is Cc1cccc(C)c1-c1cncc(C=O)c1. The number of aromatic nitrogens is 1. The Labute approximate surface area is 95.0 Å². The first-order chi connectivity index (χ1) is 7.72. The summed E-state index contributed by atoms with van der Waals surface area (Å²) in [5.74, 6) is 0. The zero-order valence-electron chi connectivity index (χ0n) is 9.40. The number of pyridine rings is 1. The van der Waals surface area contributed by atoms with Crippen molar-refractivity contribution in [2.75, 3.05) is 0 Å². The van der Waals surface area contributed by atoms with Crippen molar-refractivity contribution in [3.8, 4) is 11.1 Å². The van der Waals surface area contributed by atoms with Crippen LogP contribution in [0.3, 0.4) is 0 Å². The largest absolute Gasteiger partial charge is 0.298 e. The topological polar surface area (TPSA) is 30.0 Å². The fraction of sp³-hybridized carbons (Fsp3) is 0.143. The molecule has 2 nitrogen and oxygen atoms in total. The van der Waals surface area contributed by atoms with Gasteiger partial charge in [0.25, 0.3) is 0 Å². The Kier molecular flexibility index (Phi) is 2.82. The van der Waals surface area contributed by atoms with Crippen molar-refractivity contribution in [2.45, 2.75) is 13.8 Å². The summed E-state index contributed by atoms with van der Waals surface area (Å²) >= 11 is 0. The van der Waals surface area contributed by atoms with Gasteiger partial charge in [-0.05, 0) is 36.6 Å². The molecule has 0 aliphatic heterocycles. The second-order valence-electron chi connectivity index (χ2n) is 3.89. The van der Waals surface area contributed by atoms with Crippen molar-refractivity contribution in [2.24, 2.45) is 0 Å². The molecule has 0 saturated heterocycles. The smallest absolute Gasteiger partial charge is 0.151 e. The first kappa shape index (κ1) is 10.6. The van der Waals surface area contributed by atoms with Crippen molar-refractivity contribution in [3.63, 3.8) is 0 Å². The highest BCUT2D eigenvalue weighted by molar-refractivity contribution is 5.79. The van der Waals surface area contributed by atoms with Crippen LogP contribution in [0, 0.1) is 13.8 Å². The van der Waals surface area contributed by atoms with Gasteiger partial charge >= 0.3 is 0 Å². The van der Waals surface area contributed by atoms with Gasteiger partial charge in [-0.25, -0.2) is 0 Å². The highest BCUT2D eigenvalue weighted by Crippen LogP contribution is 2.26. The molecule has 2 heteroatoms. The van der Waals surface area contributed by atoms with Gasteiger partial charge in [0.05, 0.1) is 0 Å². The second-order valence-corrected chi connectivity index (χ2v) is 3.89. The van der Waals surface area contributed by atoms with E-state index in [1.807, 2.05) is 12.1 Å². The van der Waals surface area contributed by atoms with Crippen LogP contribution in [0.2, 0.25) is 0 Å². The Morgan fingerprint density at radius 2 is 1.81 bits per heavy atom. The molecule has 0 amide bonds. The molecule has 0 aliphatic carbocycles. The fourth-order valence-corrected chi connectivity index (χ4v) is 1.93. The van der Waals surface area contributed by atoms with Crippen molar-refractivity contribution >= 4 is 6.29 Å². The lowest BCUT2D eigenvalue weighted by Crippen LogP contribution is -1.90. The maximum absolute atomic E-state index is 10.7. The molecule has 16 heavy (non-hydrogen) atoms. The third-order valence-corrected chi connectivity index (χ3v) is 2.67.